The van der Waals surface area contributed by atoms with Gasteiger partial charge in [0.2, 0.25) is 11.7 Å². The number of aliphatic hydroxyl groups is 1. The molecule has 1 atom stereocenters. The van der Waals surface area contributed by atoms with E-state index in [1.807, 2.05) is 25.1 Å². The van der Waals surface area contributed by atoms with Crippen LogP contribution in [0, 0.1) is 0 Å². The van der Waals surface area contributed by atoms with Crippen LogP contribution < -0.4 is 4.74 Å². The molecule has 1 aromatic carbocycles. The third-order valence-electron chi connectivity index (χ3n) is 3.10. The highest BCUT2D eigenvalue weighted by molar-refractivity contribution is 9.10. The van der Waals surface area contributed by atoms with E-state index in [-0.39, 0.29) is 0 Å². The molecular weight excluding hydrogens is 362 g/mol. The molecule has 0 saturated heterocycles. The van der Waals surface area contributed by atoms with Crippen molar-refractivity contribution in [1.29, 1.82) is 0 Å². The van der Waals surface area contributed by atoms with Crippen LogP contribution in [0.4, 0.5) is 0 Å². The lowest BCUT2D eigenvalue weighted by atomic mass is 10.2. The number of tetrazole rings is 1. The van der Waals surface area contributed by atoms with Crippen LogP contribution in [-0.4, -0.2) is 30.3 Å². The smallest absolute Gasteiger partial charge is 0.219 e. The lowest BCUT2D eigenvalue weighted by molar-refractivity contribution is 0.0702. The third kappa shape index (κ3) is 3.72. The maximum absolute atomic E-state index is 9.68. The molecule has 0 radical (unpaired) electrons. The lowest BCUT2D eigenvalue weighted by Gasteiger charge is -2.05. The van der Waals surface area contributed by atoms with Gasteiger partial charge in [-0.05, 0) is 57.9 Å². The molecule has 1 unspecified atom stereocenters. The minimum Gasteiger partial charge on any atom is -0.439 e. The molecule has 0 aliphatic carbocycles. The predicted molar refractivity (Wildman–Crippen MR) is 86.8 cm³/mol. The normalized spacial score (nSPS) is 12.1. The summed E-state index contributed by atoms with van der Waals surface area (Å²) in [5.74, 6) is 1.62. The molecule has 1 N–H and O–H groups in total. The van der Waals surface area contributed by atoms with Gasteiger partial charge in [0.05, 0.1) is 0 Å². The van der Waals surface area contributed by atoms with Crippen LogP contribution in [0.2, 0.25) is 0 Å². The summed E-state index contributed by atoms with van der Waals surface area (Å²) in [6.45, 7) is 1.84. The molecule has 3 aromatic rings. The number of benzene rings is 1. The highest BCUT2D eigenvalue weighted by Crippen LogP contribution is 2.23. The number of halogens is 1. The Hall–Kier alpha value is -2.32. The third-order valence-corrected chi connectivity index (χ3v) is 3.56. The van der Waals surface area contributed by atoms with Crippen LogP contribution in [0.1, 0.15) is 19.6 Å². The fraction of sp³-hybridized carbons (Fsp3) is 0.200. The largest absolute Gasteiger partial charge is 0.439 e. The van der Waals surface area contributed by atoms with Crippen molar-refractivity contribution in [2.45, 2.75) is 19.6 Å². The molecule has 3 rings (SSSR count). The quantitative estimate of drug-likeness (QED) is 0.736. The zero-order valence-corrected chi connectivity index (χ0v) is 13.9. The Labute approximate surface area is 141 Å². The summed E-state index contributed by atoms with van der Waals surface area (Å²) < 4.78 is 6.54. The molecule has 0 saturated carbocycles. The maximum Gasteiger partial charge on any atom is 0.219 e. The van der Waals surface area contributed by atoms with Gasteiger partial charge < -0.3 is 9.84 Å². The van der Waals surface area contributed by atoms with Crippen LogP contribution in [0.5, 0.6) is 11.6 Å². The van der Waals surface area contributed by atoms with E-state index in [9.17, 15) is 5.11 Å². The van der Waals surface area contributed by atoms with Crippen molar-refractivity contribution in [1.82, 2.24) is 25.2 Å². The first-order valence-corrected chi connectivity index (χ1v) is 7.82. The number of aliphatic hydroxyl groups excluding tert-OH is 1. The Kier molecular flexibility index (Phi) is 4.63. The monoisotopic (exact) mass is 375 g/mol. The van der Waals surface area contributed by atoms with E-state index in [1.165, 1.54) is 4.80 Å². The highest BCUT2D eigenvalue weighted by Gasteiger charge is 2.11. The fourth-order valence-corrected chi connectivity index (χ4v) is 2.08. The molecule has 2 heterocycles. The van der Waals surface area contributed by atoms with Crippen molar-refractivity contribution in [3.05, 3.63) is 47.1 Å². The highest BCUT2D eigenvalue weighted by atomic mass is 79.9. The Bertz CT molecular complexity index is 773. The molecule has 118 valence electrons. The van der Waals surface area contributed by atoms with E-state index >= 15 is 0 Å². The minimum atomic E-state index is -0.762. The van der Waals surface area contributed by atoms with E-state index in [1.54, 1.807) is 24.4 Å². The average molecular weight is 376 g/mol. The van der Waals surface area contributed by atoms with Crippen molar-refractivity contribution in [2.24, 2.45) is 0 Å². The predicted octanol–water partition coefficient (Wildman–Crippen LogP) is 3.19. The molecule has 0 aliphatic heterocycles. The molecule has 0 amide bonds. The summed E-state index contributed by atoms with van der Waals surface area (Å²) in [5.41, 5.74) is 0.788. The summed E-state index contributed by atoms with van der Waals surface area (Å²) in [7, 11) is 0. The van der Waals surface area contributed by atoms with Gasteiger partial charge in [-0.3, -0.25) is 0 Å². The summed E-state index contributed by atoms with van der Waals surface area (Å²) in [6.07, 6.45) is 1.43. The second kappa shape index (κ2) is 6.84. The van der Waals surface area contributed by atoms with Crippen molar-refractivity contribution in [3.63, 3.8) is 0 Å². The van der Waals surface area contributed by atoms with Gasteiger partial charge in [0, 0.05) is 22.3 Å². The number of hydrogen-bond donors (Lipinski definition) is 1. The fourth-order valence-electron chi connectivity index (χ4n) is 1.85. The van der Waals surface area contributed by atoms with E-state index < -0.39 is 6.23 Å². The molecule has 0 fully saturated rings. The number of aromatic nitrogens is 5. The Balaban J connectivity index is 1.74. The first-order valence-electron chi connectivity index (χ1n) is 7.03. The standard InChI is InChI=1S/C15H14BrN5O2/c1-2-14(22)21-19-15(18-20-21)10-3-6-12(7-4-10)23-13-8-5-11(16)9-17-13/h3-9,14,22H,2H2,1H3. The number of rotatable bonds is 5. The second-order valence-corrected chi connectivity index (χ2v) is 5.68. The van der Waals surface area contributed by atoms with Crippen LogP contribution in [0.3, 0.4) is 0 Å². The Morgan fingerprint density at radius 3 is 2.65 bits per heavy atom. The number of hydrogen-bond acceptors (Lipinski definition) is 6. The summed E-state index contributed by atoms with van der Waals surface area (Å²) in [4.78, 5) is 5.35. The van der Waals surface area contributed by atoms with Gasteiger partial charge in [-0.25, -0.2) is 4.98 Å². The maximum atomic E-state index is 9.68. The van der Waals surface area contributed by atoms with Crippen molar-refractivity contribution in [3.8, 4) is 23.0 Å². The minimum absolute atomic E-state index is 0.450. The molecule has 0 bridgehead atoms. The first-order chi connectivity index (χ1) is 11.2. The number of pyridine rings is 1. The molecule has 7 nitrogen and oxygen atoms in total. The number of nitrogens with zero attached hydrogens (tertiary/aromatic N) is 5. The van der Waals surface area contributed by atoms with Crippen molar-refractivity contribution in [2.75, 3.05) is 0 Å². The van der Waals surface area contributed by atoms with Gasteiger partial charge in [0.1, 0.15) is 5.75 Å². The van der Waals surface area contributed by atoms with E-state index in [0.717, 1.165) is 10.0 Å². The van der Waals surface area contributed by atoms with Crippen LogP contribution in [0.25, 0.3) is 11.4 Å². The van der Waals surface area contributed by atoms with Crippen LogP contribution in [0.15, 0.2) is 47.1 Å². The van der Waals surface area contributed by atoms with Crippen LogP contribution in [-0.2, 0) is 0 Å². The zero-order valence-electron chi connectivity index (χ0n) is 12.3. The van der Waals surface area contributed by atoms with Crippen molar-refractivity contribution < 1.29 is 9.84 Å². The van der Waals surface area contributed by atoms with Crippen molar-refractivity contribution >= 4 is 15.9 Å². The molecule has 23 heavy (non-hydrogen) atoms. The molecular formula is C15H14BrN5O2. The summed E-state index contributed by atoms with van der Waals surface area (Å²) in [6, 6.07) is 10.9. The van der Waals surface area contributed by atoms with E-state index in [4.69, 9.17) is 4.74 Å². The van der Waals surface area contributed by atoms with Gasteiger partial charge in [0.15, 0.2) is 6.23 Å². The second-order valence-electron chi connectivity index (χ2n) is 4.76. The van der Waals surface area contributed by atoms with Gasteiger partial charge in [-0.1, -0.05) is 6.92 Å². The molecule has 0 aliphatic rings. The first kappa shape index (κ1) is 15.6. The van der Waals surface area contributed by atoms with Gasteiger partial charge in [0.25, 0.3) is 0 Å². The molecule has 8 heteroatoms. The zero-order chi connectivity index (χ0) is 16.2. The van der Waals surface area contributed by atoms with E-state index in [0.29, 0.717) is 23.9 Å². The molecule has 0 spiro atoms. The van der Waals surface area contributed by atoms with E-state index in [2.05, 4.69) is 36.3 Å². The summed E-state index contributed by atoms with van der Waals surface area (Å²) in [5, 5.41) is 21.6. The van der Waals surface area contributed by atoms with Gasteiger partial charge >= 0.3 is 0 Å². The van der Waals surface area contributed by atoms with Gasteiger partial charge in [-0.2, -0.15) is 0 Å². The average Bonchev–Trinajstić information content (AvgIpc) is 3.07. The van der Waals surface area contributed by atoms with Crippen LogP contribution >= 0.6 is 15.9 Å². The summed E-state index contributed by atoms with van der Waals surface area (Å²) >= 11 is 3.33. The molecule has 2 aromatic heterocycles. The topological polar surface area (TPSA) is 86.0 Å². The SMILES string of the molecule is CCC(O)n1nnc(-c2ccc(Oc3ccc(Br)cn3)cc2)n1. The Morgan fingerprint density at radius 1 is 1.22 bits per heavy atom. The van der Waals surface area contributed by atoms with Gasteiger partial charge in [-0.15, -0.1) is 15.0 Å². The lowest BCUT2D eigenvalue weighted by Crippen LogP contribution is -2.10. The number of ether oxygens (including phenoxy) is 1. The Morgan fingerprint density at radius 2 is 2.00 bits per heavy atom.